The first kappa shape index (κ1) is 22.5. The molecule has 4 rings (SSSR count). The van der Waals surface area contributed by atoms with Gasteiger partial charge in [-0.3, -0.25) is 9.59 Å². The van der Waals surface area contributed by atoms with E-state index in [2.05, 4.69) is 10.0 Å². The van der Waals surface area contributed by atoms with Crippen LogP contribution in [-0.2, 0) is 32.5 Å². The van der Waals surface area contributed by atoms with E-state index >= 15 is 0 Å². The number of carbonyl (C=O) groups is 2. The third-order valence-corrected chi connectivity index (χ3v) is 7.55. The number of carbonyl (C=O) groups excluding carboxylic acids is 2. The molecule has 0 bridgehead atoms. The van der Waals surface area contributed by atoms with E-state index in [1.54, 1.807) is 17.0 Å². The first-order valence-electron chi connectivity index (χ1n) is 11.2. The summed E-state index contributed by atoms with van der Waals surface area (Å²) in [6.45, 7) is 1.31. The third kappa shape index (κ3) is 5.37. The van der Waals surface area contributed by atoms with Crippen LogP contribution in [0, 0.1) is 0 Å². The highest BCUT2D eigenvalue weighted by Crippen LogP contribution is 2.26. The maximum absolute atomic E-state index is 13.4. The van der Waals surface area contributed by atoms with E-state index in [0.717, 1.165) is 36.8 Å². The predicted octanol–water partition coefficient (Wildman–Crippen LogP) is 2.86. The number of amides is 2. The Hall–Kier alpha value is -2.71. The van der Waals surface area contributed by atoms with Crippen molar-refractivity contribution in [2.24, 2.45) is 0 Å². The molecule has 8 heteroatoms. The van der Waals surface area contributed by atoms with E-state index < -0.39 is 16.1 Å². The monoisotopic (exact) mass is 455 g/mol. The zero-order chi connectivity index (χ0) is 22.6. The molecule has 2 aromatic rings. The quantitative estimate of drug-likeness (QED) is 0.700. The van der Waals surface area contributed by atoms with Crippen molar-refractivity contribution in [2.75, 3.05) is 18.4 Å². The Morgan fingerprint density at radius 3 is 2.44 bits per heavy atom. The number of sulfonamides is 1. The normalized spacial score (nSPS) is 17.8. The van der Waals surface area contributed by atoms with Crippen LogP contribution in [0.2, 0.25) is 0 Å². The van der Waals surface area contributed by atoms with Gasteiger partial charge in [-0.05, 0) is 55.0 Å². The number of hydrogen-bond donors (Lipinski definition) is 2. The van der Waals surface area contributed by atoms with E-state index in [1.165, 1.54) is 6.07 Å². The number of anilines is 1. The molecule has 2 aromatic carbocycles. The van der Waals surface area contributed by atoms with E-state index in [9.17, 15) is 18.0 Å². The largest absolute Gasteiger partial charge is 0.341 e. The lowest BCUT2D eigenvalue weighted by molar-refractivity contribution is -0.133. The van der Waals surface area contributed by atoms with Gasteiger partial charge in [0.05, 0.1) is 4.90 Å². The number of benzene rings is 2. The highest BCUT2D eigenvalue weighted by molar-refractivity contribution is 7.89. The summed E-state index contributed by atoms with van der Waals surface area (Å²) < 4.78 is 29.2. The molecule has 32 heavy (non-hydrogen) atoms. The van der Waals surface area contributed by atoms with Crippen LogP contribution in [0.15, 0.2) is 53.4 Å². The molecule has 2 aliphatic heterocycles. The Labute approximate surface area is 189 Å². The molecule has 2 aliphatic rings. The van der Waals surface area contributed by atoms with E-state index in [4.69, 9.17) is 0 Å². The second-order valence-corrected chi connectivity index (χ2v) is 10.2. The fourth-order valence-electron chi connectivity index (χ4n) is 4.32. The zero-order valence-electron chi connectivity index (χ0n) is 18.0. The maximum atomic E-state index is 13.4. The van der Waals surface area contributed by atoms with Crippen LogP contribution in [0.4, 0.5) is 5.69 Å². The molecular formula is C24H29N3O4S. The minimum Gasteiger partial charge on any atom is -0.341 e. The molecule has 0 aliphatic carbocycles. The number of fused-ring (bicyclic) bond motifs is 1. The summed E-state index contributed by atoms with van der Waals surface area (Å²) in [7, 11) is -3.93. The van der Waals surface area contributed by atoms with Gasteiger partial charge in [-0.15, -0.1) is 0 Å². The van der Waals surface area contributed by atoms with Crippen molar-refractivity contribution in [1.29, 1.82) is 0 Å². The highest BCUT2D eigenvalue weighted by Gasteiger charge is 2.30. The number of nitrogens with zero attached hydrogens (tertiary/aromatic N) is 1. The van der Waals surface area contributed by atoms with Crippen LogP contribution in [0.1, 0.15) is 43.2 Å². The van der Waals surface area contributed by atoms with Crippen LogP contribution >= 0.6 is 0 Å². The molecule has 0 unspecified atom stereocenters. The van der Waals surface area contributed by atoms with Crippen LogP contribution in [0.5, 0.6) is 0 Å². The van der Waals surface area contributed by atoms with Crippen LogP contribution in [-0.4, -0.2) is 44.3 Å². The van der Waals surface area contributed by atoms with Gasteiger partial charge in [-0.2, -0.15) is 4.72 Å². The molecule has 0 spiro atoms. The van der Waals surface area contributed by atoms with Gasteiger partial charge in [-0.1, -0.05) is 43.2 Å². The van der Waals surface area contributed by atoms with Gasteiger partial charge in [0, 0.05) is 25.2 Å². The lowest BCUT2D eigenvalue weighted by Gasteiger charge is -2.27. The van der Waals surface area contributed by atoms with Gasteiger partial charge in [0.25, 0.3) is 0 Å². The molecule has 1 fully saturated rings. The van der Waals surface area contributed by atoms with Gasteiger partial charge in [0.15, 0.2) is 0 Å². The van der Waals surface area contributed by atoms with Crippen molar-refractivity contribution in [3.63, 3.8) is 0 Å². The molecule has 0 saturated carbocycles. The second-order valence-electron chi connectivity index (χ2n) is 8.47. The topological polar surface area (TPSA) is 95.6 Å². The first-order valence-corrected chi connectivity index (χ1v) is 12.7. The predicted molar refractivity (Wildman–Crippen MR) is 123 cm³/mol. The smallest absolute Gasteiger partial charge is 0.241 e. The summed E-state index contributed by atoms with van der Waals surface area (Å²) in [6, 6.07) is 13.3. The Morgan fingerprint density at radius 2 is 1.72 bits per heavy atom. The van der Waals surface area contributed by atoms with Crippen LogP contribution in [0.3, 0.4) is 0 Å². The minimum atomic E-state index is -3.93. The average Bonchev–Trinajstić information content (AvgIpc) is 3.08. The summed E-state index contributed by atoms with van der Waals surface area (Å²) in [5.41, 5.74) is 2.32. The summed E-state index contributed by atoms with van der Waals surface area (Å²) in [6.07, 6.45) is 5.16. The standard InChI is InChI=1S/C24H29N3O4S/c28-23-13-10-19-17-20(11-12-21(19)25-23)32(30,31)26-22(16-18-8-4-3-5-9-18)24(29)27-14-6-1-2-7-15-27/h3-5,8-9,11-12,17,22,26H,1-2,6-7,10,13-16H2,(H,25,28)/t22-/m1/s1. The average molecular weight is 456 g/mol. The molecule has 0 aromatic heterocycles. The van der Waals surface area contributed by atoms with Crippen molar-refractivity contribution in [1.82, 2.24) is 9.62 Å². The molecule has 170 valence electrons. The van der Waals surface area contributed by atoms with Gasteiger partial charge >= 0.3 is 0 Å². The fraction of sp³-hybridized carbons (Fsp3) is 0.417. The fourth-order valence-corrected chi connectivity index (χ4v) is 5.56. The van der Waals surface area contributed by atoms with Gasteiger partial charge in [0.1, 0.15) is 6.04 Å². The molecule has 2 heterocycles. The minimum absolute atomic E-state index is 0.0720. The Bertz CT molecular complexity index is 1080. The second kappa shape index (κ2) is 9.83. The summed E-state index contributed by atoms with van der Waals surface area (Å²) in [5.74, 6) is -0.248. The Balaban J connectivity index is 1.59. The molecule has 7 nitrogen and oxygen atoms in total. The Kier molecular flexibility index (Phi) is 6.91. The zero-order valence-corrected chi connectivity index (χ0v) is 18.9. The Morgan fingerprint density at radius 1 is 1.00 bits per heavy atom. The lowest BCUT2D eigenvalue weighted by Crippen LogP contribution is -2.50. The third-order valence-electron chi connectivity index (χ3n) is 6.08. The number of aryl methyl sites for hydroxylation is 1. The number of nitrogens with one attached hydrogen (secondary N) is 2. The van der Waals surface area contributed by atoms with Crippen LogP contribution in [0.25, 0.3) is 0 Å². The number of likely N-dealkylation sites (tertiary alicyclic amines) is 1. The number of rotatable bonds is 6. The number of hydrogen-bond acceptors (Lipinski definition) is 4. The van der Waals surface area contributed by atoms with Crippen molar-refractivity contribution < 1.29 is 18.0 Å². The summed E-state index contributed by atoms with van der Waals surface area (Å²) in [5, 5.41) is 2.76. The maximum Gasteiger partial charge on any atom is 0.241 e. The van der Waals surface area contributed by atoms with Crippen LogP contribution < -0.4 is 10.0 Å². The van der Waals surface area contributed by atoms with Crippen molar-refractivity contribution in [3.8, 4) is 0 Å². The molecule has 1 saturated heterocycles. The van der Waals surface area contributed by atoms with Crippen molar-refractivity contribution in [2.45, 2.75) is 55.9 Å². The molecular weight excluding hydrogens is 426 g/mol. The molecule has 2 amide bonds. The van der Waals surface area contributed by atoms with E-state index in [-0.39, 0.29) is 23.1 Å². The summed E-state index contributed by atoms with van der Waals surface area (Å²) >= 11 is 0. The van der Waals surface area contributed by atoms with Gasteiger partial charge in [-0.25, -0.2) is 8.42 Å². The van der Waals surface area contributed by atoms with Crippen molar-refractivity contribution in [3.05, 3.63) is 59.7 Å². The lowest BCUT2D eigenvalue weighted by atomic mass is 10.0. The van der Waals surface area contributed by atoms with E-state index in [0.29, 0.717) is 31.6 Å². The molecule has 0 radical (unpaired) electrons. The first-order chi connectivity index (χ1) is 15.4. The molecule has 2 N–H and O–H groups in total. The van der Waals surface area contributed by atoms with Gasteiger partial charge < -0.3 is 10.2 Å². The van der Waals surface area contributed by atoms with Crippen molar-refractivity contribution >= 4 is 27.5 Å². The SMILES string of the molecule is O=C1CCc2cc(S(=O)(=O)N[C@H](Cc3ccccc3)C(=O)N3CCCCCC3)ccc2N1. The van der Waals surface area contributed by atoms with Gasteiger partial charge in [0.2, 0.25) is 21.8 Å². The summed E-state index contributed by atoms with van der Waals surface area (Å²) in [4.78, 5) is 26.9. The highest BCUT2D eigenvalue weighted by atomic mass is 32.2. The van der Waals surface area contributed by atoms with E-state index in [1.807, 2.05) is 30.3 Å². The molecule has 1 atom stereocenters.